The van der Waals surface area contributed by atoms with Crippen LogP contribution >= 0.6 is 0 Å². The van der Waals surface area contributed by atoms with Crippen LogP contribution < -0.4 is 5.32 Å². The third-order valence-electron chi connectivity index (χ3n) is 4.70. The van der Waals surface area contributed by atoms with E-state index in [0.29, 0.717) is 0 Å². The molecule has 0 radical (unpaired) electrons. The van der Waals surface area contributed by atoms with Crippen molar-refractivity contribution in [3.05, 3.63) is 0 Å². The van der Waals surface area contributed by atoms with Crippen molar-refractivity contribution in [2.75, 3.05) is 13.2 Å². The fraction of sp³-hybridized carbons (Fsp3) is 0.929. The van der Waals surface area contributed by atoms with Crippen LogP contribution in [0.4, 0.5) is 0 Å². The number of aliphatic hydroxyl groups is 6. The maximum absolute atomic E-state index is 11.6. The Labute approximate surface area is 165 Å². The molecule has 15 heteroatoms. The minimum atomic E-state index is -5.02. The number of carbonyl (C=O) groups is 1. The molecule has 29 heavy (non-hydrogen) atoms. The van der Waals surface area contributed by atoms with Gasteiger partial charge in [-0.15, -0.1) is 0 Å². The van der Waals surface area contributed by atoms with E-state index in [2.05, 4.69) is 5.32 Å². The number of hydrogen-bond acceptors (Lipinski definition) is 12. The summed E-state index contributed by atoms with van der Waals surface area (Å²) in [5.41, 5.74) is 0. The van der Waals surface area contributed by atoms with E-state index < -0.39 is 89.7 Å². The van der Waals surface area contributed by atoms with Gasteiger partial charge in [0.05, 0.1) is 13.2 Å². The molecule has 0 aliphatic carbocycles. The average Bonchev–Trinajstić information content (AvgIpc) is 2.61. The molecule has 14 nitrogen and oxygen atoms in total. The highest BCUT2D eigenvalue weighted by Gasteiger charge is 2.54. The lowest BCUT2D eigenvalue weighted by molar-refractivity contribution is -0.329. The number of ether oxygens (including phenoxy) is 3. The van der Waals surface area contributed by atoms with E-state index in [1.807, 2.05) is 0 Å². The topological polar surface area (TPSA) is 233 Å². The van der Waals surface area contributed by atoms with Crippen molar-refractivity contribution in [1.82, 2.24) is 5.32 Å². The van der Waals surface area contributed by atoms with Crippen LogP contribution in [-0.4, -0.2) is 123 Å². The molecule has 2 heterocycles. The first-order chi connectivity index (χ1) is 13.4. The van der Waals surface area contributed by atoms with E-state index in [1.165, 1.54) is 0 Å². The molecule has 0 bridgehead atoms. The number of carbonyl (C=O) groups excluding carboxylic acids is 1. The molecule has 0 aromatic carbocycles. The van der Waals surface area contributed by atoms with Gasteiger partial charge in [-0.05, 0) is 0 Å². The Balaban J connectivity index is 2.28. The van der Waals surface area contributed by atoms with Crippen LogP contribution in [0, 0.1) is 0 Å². The van der Waals surface area contributed by atoms with Gasteiger partial charge in [0.2, 0.25) is 5.91 Å². The zero-order valence-corrected chi connectivity index (χ0v) is 16.0. The average molecular weight is 447 g/mol. The lowest BCUT2D eigenvalue weighted by Crippen LogP contribution is -2.67. The largest absolute Gasteiger partial charge is 0.394 e. The molecule has 2 aliphatic rings. The van der Waals surface area contributed by atoms with Crippen molar-refractivity contribution in [2.45, 2.75) is 67.4 Å². The first-order valence-corrected chi connectivity index (χ1v) is 10.1. The second kappa shape index (κ2) is 9.44. The first-order valence-electron chi connectivity index (χ1n) is 8.56. The van der Waals surface area contributed by atoms with Crippen LogP contribution in [0.5, 0.6) is 0 Å². The number of aliphatic hydroxyl groups excluding tert-OH is 6. The van der Waals surface area contributed by atoms with Gasteiger partial charge in [0.15, 0.2) is 12.6 Å². The van der Waals surface area contributed by atoms with E-state index >= 15 is 0 Å². The second-order valence-electron chi connectivity index (χ2n) is 6.75. The fourth-order valence-electron chi connectivity index (χ4n) is 3.31. The van der Waals surface area contributed by atoms with Crippen LogP contribution in [0.2, 0.25) is 0 Å². The summed E-state index contributed by atoms with van der Waals surface area (Å²) in [5, 5.41) is 59.3. The smallest absolute Gasteiger partial charge is 0.273 e. The summed E-state index contributed by atoms with van der Waals surface area (Å²) in [6.45, 7) is -0.590. The van der Waals surface area contributed by atoms with Gasteiger partial charge in [-0.1, -0.05) is 0 Å². The maximum atomic E-state index is 11.6. The molecule has 0 saturated carbocycles. The van der Waals surface area contributed by atoms with Gasteiger partial charge in [0.25, 0.3) is 10.1 Å². The molecular formula is C14H25NO13S. The number of amides is 1. The van der Waals surface area contributed by atoms with Crippen LogP contribution in [0.1, 0.15) is 6.92 Å². The highest BCUT2D eigenvalue weighted by Crippen LogP contribution is 2.30. The number of hydrogen-bond donors (Lipinski definition) is 8. The Morgan fingerprint density at radius 1 is 1.00 bits per heavy atom. The fourth-order valence-corrected chi connectivity index (χ4v) is 4.32. The summed E-state index contributed by atoms with van der Waals surface area (Å²) >= 11 is 0. The quantitative estimate of drug-likeness (QED) is 0.178. The second-order valence-corrected chi connectivity index (χ2v) is 8.33. The van der Waals surface area contributed by atoms with Crippen molar-refractivity contribution < 1.29 is 62.6 Å². The molecule has 0 aromatic heterocycles. The highest BCUT2D eigenvalue weighted by molar-refractivity contribution is 7.86. The van der Waals surface area contributed by atoms with E-state index in [0.717, 1.165) is 6.92 Å². The minimum Gasteiger partial charge on any atom is -0.394 e. The van der Waals surface area contributed by atoms with Gasteiger partial charge in [0, 0.05) is 6.92 Å². The third kappa shape index (κ3) is 5.20. The van der Waals surface area contributed by atoms with Crippen LogP contribution in [0.15, 0.2) is 0 Å². The Hall–Kier alpha value is -0.980. The SMILES string of the molecule is CC(=O)N[C@@H]1[C@@H](O)[C@H](O[C@@H]2O[C@@H](CO)[C@H](O)[C@H](S(=O)(=O)O)[C@H]2O)[C@@H](CO)O[C@H]1O. The molecule has 8 N–H and O–H groups in total. The Morgan fingerprint density at radius 3 is 2.07 bits per heavy atom. The summed E-state index contributed by atoms with van der Waals surface area (Å²) in [5.74, 6) is -0.637. The Kier molecular flexibility index (Phi) is 7.91. The lowest BCUT2D eigenvalue weighted by atomic mass is 9.96. The molecule has 170 valence electrons. The van der Waals surface area contributed by atoms with Gasteiger partial charge in [0.1, 0.15) is 47.9 Å². The molecule has 2 fully saturated rings. The zero-order chi connectivity index (χ0) is 22.1. The summed E-state index contributed by atoms with van der Waals surface area (Å²) in [7, 11) is -5.02. The van der Waals surface area contributed by atoms with Crippen LogP contribution in [0.3, 0.4) is 0 Å². The van der Waals surface area contributed by atoms with E-state index in [9.17, 15) is 48.4 Å². The van der Waals surface area contributed by atoms with Crippen molar-refractivity contribution in [3.63, 3.8) is 0 Å². The molecule has 0 aromatic rings. The van der Waals surface area contributed by atoms with Crippen LogP contribution in [-0.2, 0) is 29.1 Å². The van der Waals surface area contributed by atoms with Gasteiger partial charge in [-0.3, -0.25) is 9.35 Å². The molecule has 10 atom stereocenters. The number of rotatable bonds is 6. The summed E-state index contributed by atoms with van der Waals surface area (Å²) in [4.78, 5) is 11.3. The first kappa shape index (κ1) is 24.3. The Morgan fingerprint density at radius 2 is 1.59 bits per heavy atom. The van der Waals surface area contributed by atoms with E-state index in [-0.39, 0.29) is 0 Å². The molecular weight excluding hydrogens is 422 g/mol. The van der Waals surface area contributed by atoms with Gasteiger partial charge >= 0.3 is 0 Å². The third-order valence-corrected chi connectivity index (χ3v) is 5.94. The summed E-state index contributed by atoms with van der Waals surface area (Å²) in [6.07, 6.45) is -14.0. The molecule has 1 amide bonds. The van der Waals surface area contributed by atoms with Crippen LogP contribution in [0.25, 0.3) is 0 Å². The van der Waals surface area contributed by atoms with Crippen molar-refractivity contribution in [2.24, 2.45) is 0 Å². The monoisotopic (exact) mass is 447 g/mol. The van der Waals surface area contributed by atoms with Crippen molar-refractivity contribution in [3.8, 4) is 0 Å². The van der Waals surface area contributed by atoms with Gasteiger partial charge in [-0.25, -0.2) is 0 Å². The molecule has 2 aliphatic heterocycles. The van der Waals surface area contributed by atoms with E-state index in [4.69, 9.17) is 14.2 Å². The lowest BCUT2D eigenvalue weighted by Gasteiger charge is -2.46. The van der Waals surface area contributed by atoms with Gasteiger partial charge < -0.3 is 50.2 Å². The molecule has 2 saturated heterocycles. The zero-order valence-electron chi connectivity index (χ0n) is 15.2. The standard InChI is InChI=1S/C14H25NO13S/c1-4(18)15-7-9(20)11(6(3-17)26-13(7)22)28-14-10(21)12(29(23,24)25)8(19)5(2-16)27-14/h5-14,16-17,19-22H,2-3H2,1H3,(H,15,18)(H,23,24,25)/t5-,6+,7+,8-,9+,10+,11+,12-,13+,14-/m0/s1. The molecule has 0 unspecified atom stereocenters. The summed E-state index contributed by atoms with van der Waals surface area (Å²) in [6, 6.07) is -1.40. The van der Waals surface area contributed by atoms with E-state index in [1.54, 1.807) is 0 Å². The maximum Gasteiger partial charge on any atom is 0.273 e. The predicted molar refractivity (Wildman–Crippen MR) is 89.5 cm³/mol. The molecule has 0 spiro atoms. The Bertz CT molecular complexity index is 674. The number of nitrogens with one attached hydrogen (secondary N) is 1. The predicted octanol–water partition coefficient (Wildman–Crippen LogP) is -5.36. The minimum absolute atomic E-state index is 0.637. The molecule has 2 rings (SSSR count). The normalized spacial score (nSPS) is 43.7. The highest BCUT2D eigenvalue weighted by atomic mass is 32.2. The summed E-state index contributed by atoms with van der Waals surface area (Å²) < 4.78 is 48.0. The van der Waals surface area contributed by atoms with Crippen molar-refractivity contribution >= 4 is 16.0 Å². The van der Waals surface area contributed by atoms with Crippen molar-refractivity contribution in [1.29, 1.82) is 0 Å². The van der Waals surface area contributed by atoms with Gasteiger partial charge in [-0.2, -0.15) is 8.42 Å².